The minimum atomic E-state index is -0.0828. The van der Waals surface area contributed by atoms with E-state index >= 15 is 0 Å². The lowest BCUT2D eigenvalue weighted by Crippen LogP contribution is -2.20. The third-order valence-corrected chi connectivity index (χ3v) is 3.31. The second-order valence-corrected chi connectivity index (χ2v) is 4.77. The number of carbonyl (C=O) groups is 1. The number of methoxy groups -OCH3 is 1. The van der Waals surface area contributed by atoms with Crippen molar-refractivity contribution in [2.24, 2.45) is 0 Å². The van der Waals surface area contributed by atoms with Crippen molar-refractivity contribution in [1.29, 1.82) is 0 Å². The summed E-state index contributed by atoms with van der Waals surface area (Å²) in [6.45, 7) is 4.35. The van der Waals surface area contributed by atoms with Crippen LogP contribution >= 0.6 is 0 Å². The van der Waals surface area contributed by atoms with Crippen molar-refractivity contribution >= 4 is 11.6 Å². The molecule has 0 atom stereocenters. The van der Waals surface area contributed by atoms with Gasteiger partial charge in [0.15, 0.2) is 0 Å². The quantitative estimate of drug-likeness (QED) is 0.888. The van der Waals surface area contributed by atoms with Crippen LogP contribution in [0.15, 0.2) is 30.3 Å². The van der Waals surface area contributed by atoms with Gasteiger partial charge in [-0.05, 0) is 43.2 Å². The van der Waals surface area contributed by atoms with Gasteiger partial charge in [0.25, 0.3) is 0 Å². The highest BCUT2D eigenvalue weighted by atomic mass is 16.5. The van der Waals surface area contributed by atoms with Gasteiger partial charge in [0, 0.05) is 11.4 Å². The molecule has 0 saturated heterocycles. The minimum absolute atomic E-state index is 0.0828. The van der Waals surface area contributed by atoms with Crippen LogP contribution in [0.25, 0.3) is 0 Å². The zero-order valence-electron chi connectivity index (χ0n) is 12.7. The standard InChI is InChI=1S/C16H21N3O2/c1-4-12-10-14(5-2)19(18-12)11-16(20)17-13-6-8-15(21-3)9-7-13/h6-10H,4-5,11H2,1-3H3,(H,17,20). The van der Waals surface area contributed by atoms with Crippen molar-refractivity contribution in [3.05, 3.63) is 41.7 Å². The first-order valence-corrected chi connectivity index (χ1v) is 7.15. The van der Waals surface area contributed by atoms with E-state index in [1.54, 1.807) is 11.8 Å². The molecule has 1 N–H and O–H groups in total. The summed E-state index contributed by atoms with van der Waals surface area (Å²) in [5.41, 5.74) is 2.85. The van der Waals surface area contributed by atoms with Gasteiger partial charge in [-0.2, -0.15) is 5.10 Å². The largest absolute Gasteiger partial charge is 0.497 e. The number of benzene rings is 1. The highest BCUT2D eigenvalue weighted by Gasteiger charge is 2.10. The maximum absolute atomic E-state index is 12.1. The molecule has 0 spiro atoms. The van der Waals surface area contributed by atoms with Gasteiger partial charge in [0.05, 0.1) is 12.8 Å². The molecular weight excluding hydrogens is 266 g/mol. The number of carbonyl (C=O) groups excluding carboxylic acids is 1. The molecule has 0 bridgehead atoms. The first kappa shape index (κ1) is 15.1. The van der Waals surface area contributed by atoms with Gasteiger partial charge in [0.2, 0.25) is 5.91 Å². The Morgan fingerprint density at radius 2 is 1.95 bits per heavy atom. The van der Waals surface area contributed by atoms with Crippen molar-refractivity contribution in [1.82, 2.24) is 9.78 Å². The van der Waals surface area contributed by atoms with E-state index in [1.165, 1.54) is 0 Å². The summed E-state index contributed by atoms with van der Waals surface area (Å²) >= 11 is 0. The Hall–Kier alpha value is -2.30. The Morgan fingerprint density at radius 3 is 2.52 bits per heavy atom. The Bertz CT molecular complexity index is 602. The molecule has 0 saturated carbocycles. The molecule has 0 fully saturated rings. The Balaban J connectivity index is 2.02. The highest BCUT2D eigenvalue weighted by molar-refractivity contribution is 5.90. The number of nitrogens with one attached hydrogen (secondary N) is 1. The second-order valence-electron chi connectivity index (χ2n) is 4.77. The van der Waals surface area contributed by atoms with Crippen LogP contribution in [-0.4, -0.2) is 22.8 Å². The molecule has 2 rings (SSSR count). The minimum Gasteiger partial charge on any atom is -0.497 e. The van der Waals surface area contributed by atoms with Crippen molar-refractivity contribution < 1.29 is 9.53 Å². The van der Waals surface area contributed by atoms with Crippen LogP contribution in [0.4, 0.5) is 5.69 Å². The van der Waals surface area contributed by atoms with Crippen LogP contribution in [-0.2, 0) is 24.2 Å². The zero-order chi connectivity index (χ0) is 15.2. The third kappa shape index (κ3) is 3.84. The third-order valence-electron chi connectivity index (χ3n) is 3.31. The summed E-state index contributed by atoms with van der Waals surface area (Å²) in [6, 6.07) is 9.32. The normalized spacial score (nSPS) is 10.4. The number of aromatic nitrogens is 2. The van der Waals surface area contributed by atoms with E-state index < -0.39 is 0 Å². The molecule has 0 aliphatic carbocycles. The number of rotatable bonds is 6. The van der Waals surface area contributed by atoms with Crippen LogP contribution in [0.5, 0.6) is 5.75 Å². The SMILES string of the molecule is CCc1cc(CC)n(CC(=O)Nc2ccc(OC)cc2)n1. The average molecular weight is 287 g/mol. The predicted molar refractivity (Wildman–Crippen MR) is 82.6 cm³/mol. The lowest BCUT2D eigenvalue weighted by molar-refractivity contribution is -0.116. The lowest BCUT2D eigenvalue weighted by Gasteiger charge is -2.08. The molecule has 0 unspecified atom stereocenters. The predicted octanol–water partition coefficient (Wildman–Crippen LogP) is 2.66. The number of ether oxygens (including phenoxy) is 1. The van der Waals surface area contributed by atoms with Crippen LogP contribution in [0.2, 0.25) is 0 Å². The summed E-state index contributed by atoms with van der Waals surface area (Å²) < 4.78 is 6.86. The molecule has 2 aromatic rings. The topological polar surface area (TPSA) is 56.2 Å². The molecule has 112 valence electrons. The van der Waals surface area contributed by atoms with Crippen molar-refractivity contribution in [3.63, 3.8) is 0 Å². The zero-order valence-corrected chi connectivity index (χ0v) is 12.7. The maximum atomic E-state index is 12.1. The first-order valence-electron chi connectivity index (χ1n) is 7.15. The van der Waals surface area contributed by atoms with E-state index in [9.17, 15) is 4.79 Å². The molecule has 5 nitrogen and oxygen atoms in total. The van der Waals surface area contributed by atoms with Crippen LogP contribution < -0.4 is 10.1 Å². The Kier molecular flexibility index (Phi) is 4.98. The molecule has 0 aliphatic heterocycles. The van der Waals surface area contributed by atoms with E-state index in [4.69, 9.17) is 4.74 Å². The summed E-state index contributed by atoms with van der Waals surface area (Å²) in [6.07, 6.45) is 1.74. The van der Waals surface area contributed by atoms with Crippen LogP contribution in [0.3, 0.4) is 0 Å². The fourth-order valence-corrected chi connectivity index (χ4v) is 2.12. The van der Waals surface area contributed by atoms with E-state index in [2.05, 4.69) is 30.3 Å². The highest BCUT2D eigenvalue weighted by Crippen LogP contribution is 2.15. The molecule has 1 aromatic carbocycles. The van der Waals surface area contributed by atoms with Gasteiger partial charge in [-0.1, -0.05) is 13.8 Å². The smallest absolute Gasteiger partial charge is 0.246 e. The van der Waals surface area contributed by atoms with Crippen molar-refractivity contribution in [2.75, 3.05) is 12.4 Å². The molecule has 0 radical (unpaired) electrons. The second kappa shape index (κ2) is 6.92. The first-order chi connectivity index (χ1) is 10.2. The fraction of sp³-hybridized carbons (Fsp3) is 0.375. The summed E-state index contributed by atoms with van der Waals surface area (Å²) in [4.78, 5) is 12.1. The van der Waals surface area contributed by atoms with E-state index in [0.29, 0.717) is 0 Å². The summed E-state index contributed by atoms with van der Waals surface area (Å²) in [5, 5.41) is 7.31. The Morgan fingerprint density at radius 1 is 1.24 bits per heavy atom. The van der Waals surface area contributed by atoms with Gasteiger partial charge in [-0.15, -0.1) is 0 Å². The molecule has 1 aromatic heterocycles. The summed E-state index contributed by atoms with van der Waals surface area (Å²) in [7, 11) is 1.61. The number of amides is 1. The van der Waals surface area contributed by atoms with Gasteiger partial charge < -0.3 is 10.1 Å². The molecule has 1 heterocycles. The molecular formula is C16H21N3O2. The van der Waals surface area contributed by atoms with Gasteiger partial charge in [0.1, 0.15) is 12.3 Å². The van der Waals surface area contributed by atoms with Crippen molar-refractivity contribution in [2.45, 2.75) is 33.2 Å². The van der Waals surface area contributed by atoms with Gasteiger partial charge in [-0.3, -0.25) is 9.48 Å². The number of hydrogen-bond acceptors (Lipinski definition) is 3. The number of nitrogens with zero attached hydrogens (tertiary/aromatic N) is 2. The van der Waals surface area contributed by atoms with Gasteiger partial charge >= 0.3 is 0 Å². The van der Waals surface area contributed by atoms with E-state index in [0.717, 1.165) is 35.7 Å². The number of anilines is 1. The van der Waals surface area contributed by atoms with E-state index in [-0.39, 0.29) is 12.5 Å². The fourth-order valence-electron chi connectivity index (χ4n) is 2.12. The maximum Gasteiger partial charge on any atom is 0.246 e. The van der Waals surface area contributed by atoms with Crippen LogP contribution in [0.1, 0.15) is 25.2 Å². The monoisotopic (exact) mass is 287 g/mol. The summed E-state index contributed by atoms with van der Waals surface area (Å²) in [5.74, 6) is 0.682. The molecule has 1 amide bonds. The van der Waals surface area contributed by atoms with Gasteiger partial charge in [-0.25, -0.2) is 0 Å². The number of aryl methyl sites for hydroxylation is 2. The molecule has 5 heteroatoms. The average Bonchev–Trinajstić information content (AvgIpc) is 2.90. The van der Waals surface area contributed by atoms with E-state index in [1.807, 2.05) is 24.3 Å². The van der Waals surface area contributed by atoms with Crippen molar-refractivity contribution in [3.8, 4) is 5.75 Å². The Labute approximate surface area is 124 Å². The lowest BCUT2D eigenvalue weighted by atomic mass is 10.2. The van der Waals surface area contributed by atoms with Crippen LogP contribution in [0, 0.1) is 0 Å². The number of hydrogen-bond donors (Lipinski definition) is 1. The molecule has 21 heavy (non-hydrogen) atoms. The molecule has 0 aliphatic rings.